The van der Waals surface area contributed by atoms with E-state index in [0.29, 0.717) is 24.8 Å². The molecule has 1 fully saturated rings. The summed E-state index contributed by atoms with van der Waals surface area (Å²) in [7, 11) is 0. The molecule has 17 nitrogen and oxygen atoms in total. The maximum Gasteiger partial charge on any atom is 0.326 e. The smallest absolute Gasteiger partial charge is 0.326 e. The zero-order chi connectivity index (χ0) is 49.7. The van der Waals surface area contributed by atoms with Crippen molar-refractivity contribution in [2.45, 2.75) is 191 Å². The van der Waals surface area contributed by atoms with Crippen LogP contribution in [0.15, 0.2) is 60.7 Å². The van der Waals surface area contributed by atoms with Gasteiger partial charge in [0.2, 0.25) is 41.4 Å². The van der Waals surface area contributed by atoms with Crippen LogP contribution in [0.25, 0.3) is 0 Å². The lowest BCUT2D eigenvalue weighted by Gasteiger charge is -2.29. The number of unbranched alkanes of at least 4 members (excludes halogenated alkanes) is 11. The Hall–Kier alpha value is -5.84. The summed E-state index contributed by atoms with van der Waals surface area (Å²) in [5.74, 6) is -5.31. The van der Waals surface area contributed by atoms with Crippen molar-refractivity contribution in [1.82, 2.24) is 26.6 Å². The van der Waals surface area contributed by atoms with Crippen LogP contribution >= 0.6 is 0 Å². The lowest BCUT2D eigenvalue weighted by Crippen LogP contribution is -2.59. The molecule has 0 heterocycles. The fourth-order valence-corrected chi connectivity index (χ4v) is 8.58. The van der Waals surface area contributed by atoms with E-state index in [1.54, 1.807) is 30.3 Å². The number of hydrogen-bond donors (Lipinski definition) is 9. The number of primary amides is 2. The number of hydrogen-bond acceptors (Lipinski definition) is 9. The minimum atomic E-state index is -1.28. The van der Waals surface area contributed by atoms with E-state index in [-0.39, 0.29) is 37.5 Å². The lowest BCUT2D eigenvalue weighted by molar-refractivity contribution is -0.142. The largest absolute Gasteiger partial charge is 0.480 e. The van der Waals surface area contributed by atoms with Crippen molar-refractivity contribution < 1.29 is 48.6 Å². The SMILES string of the molecule is C[C@H](O)[C@H](NC(=O)CCCCCCCCCCCCCCC(=O)N[C@@H](CC(N)=O)C(=O)N[C@@H](Cc1ccccc1)C(=O)O)C(=O)N[C@@H](CC1CCCCC1)C(=O)N[C@@H](Cc1ccccc1)C(N)=O. The fourth-order valence-electron chi connectivity index (χ4n) is 8.58. The highest BCUT2D eigenvalue weighted by Crippen LogP contribution is 2.27. The number of aliphatic hydroxyl groups excluding tert-OH is 1. The van der Waals surface area contributed by atoms with Crippen LogP contribution in [0.3, 0.4) is 0 Å². The summed E-state index contributed by atoms with van der Waals surface area (Å²) in [5.41, 5.74) is 12.5. The molecule has 0 radical (unpaired) electrons. The van der Waals surface area contributed by atoms with Crippen molar-refractivity contribution in [3.63, 3.8) is 0 Å². The van der Waals surface area contributed by atoms with Gasteiger partial charge in [-0.05, 0) is 43.2 Å². The maximum absolute atomic E-state index is 13.6. The quantitative estimate of drug-likeness (QED) is 0.0452. The zero-order valence-electron chi connectivity index (χ0n) is 39.9. The minimum absolute atomic E-state index is 0.0355. The molecular weight excluding hydrogens is 871 g/mol. The number of nitrogens with one attached hydrogen (secondary N) is 5. The molecule has 7 amide bonds. The maximum atomic E-state index is 13.6. The Morgan fingerprint density at radius 2 is 0.971 bits per heavy atom. The number of rotatable bonds is 34. The molecule has 0 aromatic heterocycles. The third-order valence-corrected chi connectivity index (χ3v) is 12.5. The van der Waals surface area contributed by atoms with Gasteiger partial charge in [-0.15, -0.1) is 0 Å². The molecule has 68 heavy (non-hydrogen) atoms. The number of nitrogens with two attached hydrogens (primary N) is 2. The van der Waals surface area contributed by atoms with Gasteiger partial charge < -0.3 is 48.3 Å². The average Bonchev–Trinajstić information content (AvgIpc) is 3.30. The molecule has 2 aromatic carbocycles. The number of carbonyl (C=O) groups is 8. The highest BCUT2D eigenvalue weighted by atomic mass is 16.4. The second-order valence-corrected chi connectivity index (χ2v) is 18.4. The Kier molecular flexibility index (Phi) is 26.6. The molecule has 0 unspecified atom stereocenters. The topological polar surface area (TPSA) is 289 Å². The molecule has 0 aliphatic heterocycles. The monoisotopic (exact) mass is 948 g/mol. The fraction of sp³-hybridized carbons (Fsp3) is 0.608. The van der Waals surface area contributed by atoms with E-state index in [4.69, 9.17) is 11.5 Å². The first kappa shape index (κ1) is 56.5. The molecule has 3 rings (SSSR count). The van der Waals surface area contributed by atoms with E-state index in [0.717, 1.165) is 102 Å². The number of benzene rings is 2. The summed E-state index contributed by atoms with van der Waals surface area (Å²) in [4.78, 5) is 101. The first-order chi connectivity index (χ1) is 32.6. The summed E-state index contributed by atoms with van der Waals surface area (Å²) in [6.07, 6.45) is 15.4. The normalized spacial score (nSPS) is 15.3. The summed E-state index contributed by atoms with van der Waals surface area (Å²) in [6, 6.07) is 12.2. The molecule has 17 heteroatoms. The second kappa shape index (κ2) is 32.0. The van der Waals surface area contributed by atoms with Gasteiger partial charge in [-0.1, -0.05) is 157 Å². The molecule has 0 spiro atoms. The zero-order valence-corrected chi connectivity index (χ0v) is 39.9. The number of carboxylic acid groups (broad SMARTS) is 1. The molecule has 11 N–H and O–H groups in total. The molecule has 0 bridgehead atoms. The van der Waals surface area contributed by atoms with Gasteiger partial charge in [0.25, 0.3) is 0 Å². The van der Waals surface area contributed by atoms with Gasteiger partial charge in [0, 0.05) is 25.7 Å². The third kappa shape index (κ3) is 23.3. The average molecular weight is 948 g/mol. The van der Waals surface area contributed by atoms with E-state index >= 15 is 0 Å². The van der Waals surface area contributed by atoms with E-state index in [1.807, 2.05) is 30.3 Å². The molecule has 6 atom stereocenters. The molecule has 376 valence electrons. The number of aliphatic hydroxyl groups is 1. The number of carboxylic acids is 1. The summed E-state index contributed by atoms with van der Waals surface area (Å²) in [6.45, 7) is 1.41. The summed E-state index contributed by atoms with van der Waals surface area (Å²) >= 11 is 0. The Morgan fingerprint density at radius 3 is 1.43 bits per heavy atom. The number of aliphatic carboxylic acids is 1. The van der Waals surface area contributed by atoms with Crippen LogP contribution < -0.4 is 38.1 Å². The van der Waals surface area contributed by atoms with E-state index in [9.17, 15) is 48.6 Å². The first-order valence-electron chi connectivity index (χ1n) is 24.7. The van der Waals surface area contributed by atoms with Gasteiger partial charge in [0.1, 0.15) is 30.2 Å². The van der Waals surface area contributed by atoms with Gasteiger partial charge in [0.15, 0.2) is 0 Å². The standard InChI is InChI=1S/C51H77N7O10/c1-35(59)46(50(66)56-40(32-37-25-17-13-18-26-37)48(64)55-39(47(53)63)31-36-23-15-12-16-24-36)58-45(62)30-22-11-9-7-5-3-2-4-6-8-10-21-29-44(61)54-41(34-43(52)60)49(65)57-42(51(67)68)33-38-27-19-14-20-28-38/h12,14-16,19-20,23-24,27-28,35,37,39-42,46,59H,2-11,13,17-18,21-22,25-26,29-34H2,1H3,(H2,52,60)(H2,53,63)(H,54,61)(H,55,64)(H,56,66)(H,57,65)(H,58,62)(H,67,68)/t35-,39-,40-,41-,42-,46-/m0/s1. The van der Waals surface area contributed by atoms with Crippen molar-refractivity contribution in [2.75, 3.05) is 0 Å². The number of carbonyl (C=O) groups excluding carboxylic acids is 7. The van der Waals surface area contributed by atoms with Crippen molar-refractivity contribution in [3.8, 4) is 0 Å². The second-order valence-electron chi connectivity index (χ2n) is 18.4. The highest BCUT2D eigenvalue weighted by Gasteiger charge is 2.33. The van der Waals surface area contributed by atoms with Crippen LogP contribution in [-0.2, 0) is 51.2 Å². The van der Waals surface area contributed by atoms with Crippen LogP contribution in [0.2, 0.25) is 0 Å². The van der Waals surface area contributed by atoms with E-state index in [2.05, 4.69) is 26.6 Å². The van der Waals surface area contributed by atoms with Gasteiger partial charge in [-0.25, -0.2) is 4.79 Å². The van der Waals surface area contributed by atoms with E-state index < -0.39 is 84.1 Å². The van der Waals surface area contributed by atoms with Crippen molar-refractivity contribution >= 4 is 47.3 Å². The summed E-state index contributed by atoms with van der Waals surface area (Å²) < 4.78 is 0. The Morgan fingerprint density at radius 1 is 0.544 bits per heavy atom. The van der Waals surface area contributed by atoms with Gasteiger partial charge >= 0.3 is 5.97 Å². The molecule has 2 aromatic rings. The molecular formula is C51H77N7O10. The molecule has 1 aliphatic rings. The molecule has 0 saturated heterocycles. The lowest BCUT2D eigenvalue weighted by atomic mass is 9.84. The third-order valence-electron chi connectivity index (χ3n) is 12.5. The van der Waals surface area contributed by atoms with Gasteiger partial charge in [-0.2, -0.15) is 0 Å². The van der Waals surface area contributed by atoms with Crippen molar-refractivity contribution in [2.24, 2.45) is 17.4 Å². The van der Waals surface area contributed by atoms with Crippen LogP contribution in [0.4, 0.5) is 0 Å². The van der Waals surface area contributed by atoms with Crippen molar-refractivity contribution in [3.05, 3.63) is 71.8 Å². The first-order valence-corrected chi connectivity index (χ1v) is 24.7. The number of amides is 7. The predicted molar refractivity (Wildman–Crippen MR) is 258 cm³/mol. The van der Waals surface area contributed by atoms with Crippen LogP contribution in [0.5, 0.6) is 0 Å². The van der Waals surface area contributed by atoms with Crippen LogP contribution in [-0.4, -0.2) is 93.8 Å². The minimum Gasteiger partial charge on any atom is -0.480 e. The molecule has 1 aliphatic carbocycles. The Bertz CT molecular complexity index is 1880. The highest BCUT2D eigenvalue weighted by molar-refractivity contribution is 5.95. The molecule has 1 saturated carbocycles. The van der Waals surface area contributed by atoms with Crippen LogP contribution in [0, 0.1) is 5.92 Å². The summed E-state index contributed by atoms with van der Waals surface area (Å²) in [5, 5.41) is 33.3. The van der Waals surface area contributed by atoms with E-state index in [1.165, 1.54) is 6.92 Å². The van der Waals surface area contributed by atoms with Gasteiger partial charge in [0.05, 0.1) is 12.5 Å². The van der Waals surface area contributed by atoms with Crippen LogP contribution in [0.1, 0.15) is 153 Å². The van der Waals surface area contributed by atoms with Gasteiger partial charge in [-0.3, -0.25) is 33.6 Å². The Balaban J connectivity index is 1.29. The predicted octanol–water partition coefficient (Wildman–Crippen LogP) is 4.15. The Labute approximate surface area is 401 Å². The van der Waals surface area contributed by atoms with Crippen molar-refractivity contribution in [1.29, 1.82) is 0 Å².